The number of carbonyl (C=O) groups is 1. The van der Waals surface area contributed by atoms with Gasteiger partial charge in [0.25, 0.3) is 5.91 Å². The van der Waals surface area contributed by atoms with Crippen molar-refractivity contribution >= 4 is 34.9 Å². The molecule has 0 saturated carbocycles. The van der Waals surface area contributed by atoms with E-state index in [-0.39, 0.29) is 18.6 Å². The smallest absolute Gasteiger partial charge is 0.251 e. The van der Waals surface area contributed by atoms with Crippen LogP contribution in [-0.4, -0.2) is 36.8 Å². The van der Waals surface area contributed by atoms with E-state index in [1.807, 2.05) is 0 Å². The highest BCUT2D eigenvalue weighted by Crippen LogP contribution is 2.22. The standard InChI is InChI=1S/C12H14Cl2N2O3/c13-9-4-11(15-5-10(9)14)16-12(17)7-18-6-8-2-1-3-19-8/h4-5,8H,1-3,6-7H2,(H,15,16,17). The van der Waals surface area contributed by atoms with E-state index in [1.165, 1.54) is 12.3 Å². The van der Waals surface area contributed by atoms with Crippen molar-refractivity contribution in [1.29, 1.82) is 0 Å². The van der Waals surface area contributed by atoms with Gasteiger partial charge in [-0.05, 0) is 12.8 Å². The van der Waals surface area contributed by atoms with E-state index >= 15 is 0 Å². The van der Waals surface area contributed by atoms with Crippen molar-refractivity contribution in [3.63, 3.8) is 0 Å². The molecule has 0 aliphatic carbocycles. The summed E-state index contributed by atoms with van der Waals surface area (Å²) in [6.45, 7) is 1.16. The molecule has 1 aliphatic heterocycles. The van der Waals surface area contributed by atoms with Crippen LogP contribution in [0.15, 0.2) is 12.3 Å². The normalized spacial score (nSPS) is 18.5. The van der Waals surface area contributed by atoms with Gasteiger partial charge in [0.15, 0.2) is 0 Å². The Morgan fingerprint density at radius 2 is 2.37 bits per heavy atom. The lowest BCUT2D eigenvalue weighted by Gasteiger charge is -2.10. The van der Waals surface area contributed by atoms with Crippen molar-refractivity contribution in [1.82, 2.24) is 4.98 Å². The molecule has 5 nitrogen and oxygen atoms in total. The number of hydrogen-bond donors (Lipinski definition) is 1. The molecule has 1 saturated heterocycles. The van der Waals surface area contributed by atoms with Crippen LogP contribution in [0.5, 0.6) is 0 Å². The minimum Gasteiger partial charge on any atom is -0.376 e. The van der Waals surface area contributed by atoms with Gasteiger partial charge in [0.05, 0.1) is 22.8 Å². The molecule has 0 bridgehead atoms. The summed E-state index contributed by atoms with van der Waals surface area (Å²) in [6, 6.07) is 1.49. The topological polar surface area (TPSA) is 60.5 Å². The average molecular weight is 305 g/mol. The zero-order valence-electron chi connectivity index (χ0n) is 10.2. The molecule has 0 aromatic carbocycles. The first-order chi connectivity index (χ1) is 9.15. The number of aromatic nitrogens is 1. The highest BCUT2D eigenvalue weighted by molar-refractivity contribution is 6.42. The monoisotopic (exact) mass is 304 g/mol. The number of hydrogen-bond acceptors (Lipinski definition) is 4. The first-order valence-corrected chi connectivity index (χ1v) is 6.71. The van der Waals surface area contributed by atoms with E-state index < -0.39 is 0 Å². The molecule has 0 radical (unpaired) electrons. The molecule has 1 aliphatic rings. The number of pyridine rings is 1. The Hall–Kier alpha value is -0.880. The Morgan fingerprint density at radius 1 is 1.53 bits per heavy atom. The van der Waals surface area contributed by atoms with Crippen LogP contribution in [0.4, 0.5) is 5.82 Å². The van der Waals surface area contributed by atoms with E-state index in [1.54, 1.807) is 0 Å². The number of ether oxygens (including phenoxy) is 2. The second kappa shape index (κ2) is 7.05. The third kappa shape index (κ3) is 4.62. The molecule has 104 valence electrons. The lowest BCUT2D eigenvalue weighted by Crippen LogP contribution is -2.22. The molecule has 1 aromatic heterocycles. The molecule has 2 heterocycles. The van der Waals surface area contributed by atoms with E-state index in [0.29, 0.717) is 22.5 Å². The summed E-state index contributed by atoms with van der Waals surface area (Å²) in [5, 5.41) is 3.26. The van der Waals surface area contributed by atoms with E-state index in [0.717, 1.165) is 19.4 Å². The van der Waals surface area contributed by atoms with Gasteiger partial charge in [0.1, 0.15) is 12.4 Å². The molecule has 1 unspecified atom stereocenters. The maximum atomic E-state index is 11.6. The van der Waals surface area contributed by atoms with Gasteiger partial charge in [-0.15, -0.1) is 0 Å². The molecule has 0 spiro atoms. The maximum absolute atomic E-state index is 11.6. The highest BCUT2D eigenvalue weighted by atomic mass is 35.5. The second-order valence-electron chi connectivity index (χ2n) is 4.18. The predicted octanol–water partition coefficient (Wildman–Crippen LogP) is 2.52. The molecular formula is C12H14Cl2N2O3. The number of anilines is 1. The fourth-order valence-electron chi connectivity index (χ4n) is 1.72. The van der Waals surface area contributed by atoms with Crippen LogP contribution in [-0.2, 0) is 14.3 Å². The van der Waals surface area contributed by atoms with Crippen LogP contribution in [0.3, 0.4) is 0 Å². The van der Waals surface area contributed by atoms with Gasteiger partial charge in [-0.2, -0.15) is 0 Å². The number of amides is 1. The van der Waals surface area contributed by atoms with Gasteiger partial charge in [0.2, 0.25) is 0 Å². The number of rotatable bonds is 5. The van der Waals surface area contributed by atoms with Crippen molar-refractivity contribution in [2.75, 3.05) is 25.1 Å². The summed E-state index contributed by atoms with van der Waals surface area (Å²) in [6.07, 6.45) is 3.52. The first kappa shape index (κ1) is 14.5. The SMILES string of the molecule is O=C(COCC1CCCO1)Nc1cc(Cl)c(Cl)cn1. The van der Waals surface area contributed by atoms with Crippen LogP contribution >= 0.6 is 23.2 Å². The highest BCUT2D eigenvalue weighted by Gasteiger charge is 2.16. The summed E-state index contributed by atoms with van der Waals surface area (Å²) in [5.41, 5.74) is 0. The summed E-state index contributed by atoms with van der Waals surface area (Å²) in [4.78, 5) is 15.5. The Morgan fingerprint density at radius 3 is 3.05 bits per heavy atom. The van der Waals surface area contributed by atoms with Gasteiger partial charge in [0, 0.05) is 18.9 Å². The van der Waals surface area contributed by atoms with Crippen molar-refractivity contribution in [2.24, 2.45) is 0 Å². The van der Waals surface area contributed by atoms with E-state index in [2.05, 4.69) is 10.3 Å². The van der Waals surface area contributed by atoms with Crippen molar-refractivity contribution in [3.8, 4) is 0 Å². The Bertz CT molecular complexity index is 451. The Kier molecular flexibility index (Phi) is 5.39. The number of nitrogens with one attached hydrogen (secondary N) is 1. The van der Waals surface area contributed by atoms with Gasteiger partial charge >= 0.3 is 0 Å². The Labute approximate surface area is 121 Å². The molecule has 1 amide bonds. The molecule has 7 heteroatoms. The molecule has 1 atom stereocenters. The minimum atomic E-state index is -0.288. The second-order valence-corrected chi connectivity index (χ2v) is 5.00. The lowest BCUT2D eigenvalue weighted by atomic mass is 10.2. The molecular weight excluding hydrogens is 291 g/mol. The molecule has 19 heavy (non-hydrogen) atoms. The Balaban J connectivity index is 1.72. The minimum absolute atomic E-state index is 0.0399. The van der Waals surface area contributed by atoms with Crippen molar-refractivity contribution < 1.29 is 14.3 Å². The van der Waals surface area contributed by atoms with Crippen LogP contribution in [0.25, 0.3) is 0 Å². The average Bonchev–Trinajstić information content (AvgIpc) is 2.87. The predicted molar refractivity (Wildman–Crippen MR) is 72.7 cm³/mol. The maximum Gasteiger partial charge on any atom is 0.251 e. The summed E-state index contributed by atoms with van der Waals surface area (Å²) in [5.74, 6) is 0.0593. The molecule has 1 fully saturated rings. The lowest BCUT2D eigenvalue weighted by molar-refractivity contribution is -0.121. The first-order valence-electron chi connectivity index (χ1n) is 5.95. The zero-order chi connectivity index (χ0) is 13.7. The summed E-state index contributed by atoms with van der Waals surface area (Å²) in [7, 11) is 0. The van der Waals surface area contributed by atoms with Crippen molar-refractivity contribution in [2.45, 2.75) is 18.9 Å². The number of nitrogens with zero attached hydrogens (tertiary/aromatic N) is 1. The van der Waals surface area contributed by atoms with E-state index in [9.17, 15) is 4.79 Å². The molecule has 2 rings (SSSR count). The van der Waals surface area contributed by atoms with Crippen LogP contribution < -0.4 is 5.32 Å². The number of halogens is 2. The van der Waals surface area contributed by atoms with Gasteiger partial charge in [-0.25, -0.2) is 4.98 Å². The summed E-state index contributed by atoms with van der Waals surface area (Å²) < 4.78 is 10.7. The third-order valence-electron chi connectivity index (χ3n) is 2.64. The van der Waals surface area contributed by atoms with Crippen LogP contribution in [0, 0.1) is 0 Å². The third-order valence-corrected chi connectivity index (χ3v) is 3.35. The quantitative estimate of drug-likeness (QED) is 0.908. The van der Waals surface area contributed by atoms with E-state index in [4.69, 9.17) is 32.7 Å². The largest absolute Gasteiger partial charge is 0.376 e. The van der Waals surface area contributed by atoms with Gasteiger partial charge < -0.3 is 14.8 Å². The van der Waals surface area contributed by atoms with Gasteiger partial charge in [-0.3, -0.25) is 4.79 Å². The molecule has 1 aromatic rings. The molecule has 1 N–H and O–H groups in total. The zero-order valence-corrected chi connectivity index (χ0v) is 11.7. The van der Waals surface area contributed by atoms with Crippen molar-refractivity contribution in [3.05, 3.63) is 22.3 Å². The summed E-state index contributed by atoms with van der Waals surface area (Å²) >= 11 is 11.5. The number of carbonyl (C=O) groups excluding carboxylic acids is 1. The van der Waals surface area contributed by atoms with Crippen LogP contribution in [0.2, 0.25) is 10.0 Å². The van der Waals surface area contributed by atoms with Crippen LogP contribution in [0.1, 0.15) is 12.8 Å². The fraction of sp³-hybridized carbons (Fsp3) is 0.500. The van der Waals surface area contributed by atoms with Gasteiger partial charge in [-0.1, -0.05) is 23.2 Å². The fourth-order valence-corrected chi connectivity index (χ4v) is 1.98.